The lowest BCUT2D eigenvalue weighted by molar-refractivity contribution is 0.304. The summed E-state index contributed by atoms with van der Waals surface area (Å²) < 4.78 is 13.5. The average Bonchev–Trinajstić information content (AvgIpc) is 2.20. The van der Waals surface area contributed by atoms with Crippen molar-refractivity contribution in [3.63, 3.8) is 0 Å². The molecule has 0 aliphatic carbocycles. The van der Waals surface area contributed by atoms with Gasteiger partial charge in [-0.2, -0.15) is 0 Å². The fourth-order valence-electron chi connectivity index (χ4n) is 1.83. The van der Waals surface area contributed by atoms with E-state index in [4.69, 9.17) is 5.73 Å². The van der Waals surface area contributed by atoms with Crippen LogP contribution in [0.25, 0.3) is 0 Å². The Kier molecular flexibility index (Phi) is 3.50. The van der Waals surface area contributed by atoms with E-state index in [1.165, 1.54) is 0 Å². The van der Waals surface area contributed by atoms with Crippen LogP contribution in [0.1, 0.15) is 38.3 Å². The van der Waals surface area contributed by atoms with E-state index in [9.17, 15) is 4.39 Å². The first kappa shape index (κ1) is 12.2. The number of aryl methyl sites for hydroxylation is 1. The van der Waals surface area contributed by atoms with Gasteiger partial charge in [0, 0.05) is 5.54 Å². The molecular formula is C13H20FN. The summed E-state index contributed by atoms with van der Waals surface area (Å²) in [6, 6.07) is 5.30. The highest BCUT2D eigenvalue weighted by Crippen LogP contribution is 2.30. The van der Waals surface area contributed by atoms with E-state index < -0.39 is 5.54 Å². The highest BCUT2D eigenvalue weighted by Gasteiger charge is 2.29. The molecule has 1 nitrogen and oxygen atoms in total. The van der Waals surface area contributed by atoms with Crippen LogP contribution < -0.4 is 5.73 Å². The normalized spacial score (nSPS) is 15.4. The first-order valence-electron chi connectivity index (χ1n) is 5.47. The molecule has 0 aromatic heterocycles. The van der Waals surface area contributed by atoms with E-state index in [2.05, 4.69) is 13.8 Å². The maximum atomic E-state index is 13.5. The molecule has 1 aromatic rings. The van der Waals surface area contributed by atoms with Gasteiger partial charge in [0.1, 0.15) is 5.82 Å². The smallest absolute Gasteiger partial charge is 0.126 e. The van der Waals surface area contributed by atoms with Crippen molar-refractivity contribution in [2.45, 2.75) is 39.7 Å². The molecule has 0 radical (unpaired) electrons. The van der Waals surface area contributed by atoms with Crippen LogP contribution in [0.3, 0.4) is 0 Å². The monoisotopic (exact) mass is 209 g/mol. The van der Waals surface area contributed by atoms with Crippen LogP contribution in [0.15, 0.2) is 18.2 Å². The average molecular weight is 209 g/mol. The minimum Gasteiger partial charge on any atom is -0.321 e. The number of hydrogen-bond donors (Lipinski definition) is 1. The van der Waals surface area contributed by atoms with Crippen molar-refractivity contribution < 1.29 is 4.39 Å². The molecule has 1 unspecified atom stereocenters. The maximum absolute atomic E-state index is 13.5. The van der Waals surface area contributed by atoms with Crippen LogP contribution in [0, 0.1) is 18.7 Å². The SMILES string of the molecule is CCC(N)(c1ccc(C)c(F)c1)C(C)C. The quantitative estimate of drug-likeness (QED) is 0.811. The predicted molar refractivity (Wildman–Crippen MR) is 62.1 cm³/mol. The second kappa shape index (κ2) is 4.31. The molecule has 15 heavy (non-hydrogen) atoms. The number of benzene rings is 1. The molecule has 0 bridgehead atoms. The molecule has 1 atom stereocenters. The van der Waals surface area contributed by atoms with Gasteiger partial charge in [0.05, 0.1) is 0 Å². The molecule has 1 rings (SSSR count). The van der Waals surface area contributed by atoms with E-state index in [0.717, 1.165) is 12.0 Å². The Labute approximate surface area is 91.5 Å². The van der Waals surface area contributed by atoms with Crippen molar-refractivity contribution >= 4 is 0 Å². The second-order valence-electron chi connectivity index (χ2n) is 4.51. The van der Waals surface area contributed by atoms with Crippen molar-refractivity contribution in [1.82, 2.24) is 0 Å². The van der Waals surface area contributed by atoms with E-state index in [0.29, 0.717) is 11.5 Å². The standard InChI is InChI=1S/C13H20FN/c1-5-13(15,9(2)3)11-7-6-10(4)12(14)8-11/h6-9H,5,15H2,1-4H3. The van der Waals surface area contributed by atoms with Gasteiger partial charge in [-0.25, -0.2) is 4.39 Å². The molecule has 0 fully saturated rings. The largest absolute Gasteiger partial charge is 0.321 e. The summed E-state index contributed by atoms with van der Waals surface area (Å²) in [4.78, 5) is 0. The third-order valence-electron chi connectivity index (χ3n) is 3.32. The molecule has 0 saturated heterocycles. The lowest BCUT2D eigenvalue weighted by atomic mass is 9.78. The minimum atomic E-state index is -0.422. The third-order valence-corrected chi connectivity index (χ3v) is 3.32. The highest BCUT2D eigenvalue weighted by atomic mass is 19.1. The van der Waals surface area contributed by atoms with E-state index >= 15 is 0 Å². The number of halogens is 1. The number of rotatable bonds is 3. The van der Waals surface area contributed by atoms with Crippen LogP contribution in [-0.4, -0.2) is 0 Å². The Bertz CT molecular complexity index is 346. The molecule has 84 valence electrons. The molecule has 0 aliphatic heterocycles. The molecule has 0 saturated carbocycles. The Hall–Kier alpha value is -0.890. The zero-order valence-corrected chi connectivity index (χ0v) is 9.97. The number of hydrogen-bond acceptors (Lipinski definition) is 1. The van der Waals surface area contributed by atoms with Crippen molar-refractivity contribution in [2.24, 2.45) is 11.7 Å². The summed E-state index contributed by atoms with van der Waals surface area (Å²) in [7, 11) is 0. The highest BCUT2D eigenvalue weighted by molar-refractivity contribution is 5.29. The van der Waals surface area contributed by atoms with Gasteiger partial charge in [0.2, 0.25) is 0 Å². The molecule has 0 aliphatic rings. The first-order chi connectivity index (χ1) is 6.91. The molecule has 0 amide bonds. The van der Waals surface area contributed by atoms with Gasteiger partial charge in [-0.1, -0.05) is 32.9 Å². The summed E-state index contributed by atoms with van der Waals surface area (Å²) >= 11 is 0. The van der Waals surface area contributed by atoms with Crippen LogP contribution in [0.4, 0.5) is 4.39 Å². The molecule has 2 heteroatoms. The first-order valence-corrected chi connectivity index (χ1v) is 5.47. The van der Waals surface area contributed by atoms with Crippen LogP contribution >= 0.6 is 0 Å². The zero-order valence-electron chi connectivity index (χ0n) is 9.97. The lowest BCUT2D eigenvalue weighted by Gasteiger charge is -2.33. The van der Waals surface area contributed by atoms with Crippen molar-refractivity contribution in [3.05, 3.63) is 35.1 Å². The molecule has 0 spiro atoms. The van der Waals surface area contributed by atoms with Crippen molar-refractivity contribution in [1.29, 1.82) is 0 Å². The summed E-state index contributed by atoms with van der Waals surface area (Å²) in [5.74, 6) is 0.126. The molecular weight excluding hydrogens is 189 g/mol. The minimum absolute atomic E-state index is 0.170. The summed E-state index contributed by atoms with van der Waals surface area (Å²) in [6.45, 7) is 7.94. The van der Waals surface area contributed by atoms with Gasteiger partial charge < -0.3 is 5.73 Å². The van der Waals surface area contributed by atoms with Gasteiger partial charge >= 0.3 is 0 Å². The molecule has 2 N–H and O–H groups in total. The fourth-order valence-corrected chi connectivity index (χ4v) is 1.83. The molecule has 0 heterocycles. The van der Waals surface area contributed by atoms with Gasteiger partial charge in [-0.05, 0) is 36.5 Å². The zero-order chi connectivity index (χ0) is 11.6. The Morgan fingerprint density at radius 3 is 2.40 bits per heavy atom. The topological polar surface area (TPSA) is 26.0 Å². The maximum Gasteiger partial charge on any atom is 0.126 e. The Morgan fingerprint density at radius 2 is 2.00 bits per heavy atom. The van der Waals surface area contributed by atoms with Crippen LogP contribution in [-0.2, 0) is 5.54 Å². The van der Waals surface area contributed by atoms with Gasteiger partial charge in [0.15, 0.2) is 0 Å². The van der Waals surface area contributed by atoms with E-state index in [1.54, 1.807) is 19.1 Å². The van der Waals surface area contributed by atoms with Gasteiger partial charge in [0.25, 0.3) is 0 Å². The second-order valence-corrected chi connectivity index (χ2v) is 4.51. The van der Waals surface area contributed by atoms with Crippen molar-refractivity contribution in [2.75, 3.05) is 0 Å². The Balaban J connectivity index is 3.19. The summed E-state index contributed by atoms with van der Waals surface area (Å²) in [5, 5.41) is 0. The predicted octanol–water partition coefficient (Wildman–Crippen LogP) is 3.35. The van der Waals surface area contributed by atoms with Gasteiger partial charge in [-0.3, -0.25) is 0 Å². The van der Waals surface area contributed by atoms with Crippen molar-refractivity contribution in [3.8, 4) is 0 Å². The summed E-state index contributed by atoms with van der Waals surface area (Å²) in [6.07, 6.45) is 0.813. The van der Waals surface area contributed by atoms with E-state index in [-0.39, 0.29) is 5.82 Å². The third kappa shape index (κ3) is 2.20. The Morgan fingerprint density at radius 1 is 1.40 bits per heavy atom. The lowest BCUT2D eigenvalue weighted by Crippen LogP contribution is -2.41. The van der Waals surface area contributed by atoms with Gasteiger partial charge in [-0.15, -0.1) is 0 Å². The van der Waals surface area contributed by atoms with E-state index in [1.807, 2.05) is 13.0 Å². The fraction of sp³-hybridized carbons (Fsp3) is 0.538. The van der Waals surface area contributed by atoms with Crippen LogP contribution in [0.5, 0.6) is 0 Å². The number of nitrogens with two attached hydrogens (primary N) is 1. The summed E-state index contributed by atoms with van der Waals surface area (Å²) in [5.41, 5.74) is 7.45. The van der Waals surface area contributed by atoms with Crippen LogP contribution in [0.2, 0.25) is 0 Å². The molecule has 1 aromatic carbocycles.